The standard InChI is InChI=1S/C12H15NO5/c14-7-10(6-11(15)16)13-12(17)18-8-9-4-2-1-3-5-9/h1-5,10,14H,6-8H2,(H,13,17)(H,15,16)/t10-/m0/s1/i/hD. The van der Waals surface area contributed by atoms with Gasteiger partial charge in [0.1, 0.15) is 6.61 Å². The first-order valence-corrected chi connectivity index (χ1v) is 5.39. The molecule has 0 aliphatic heterocycles. The van der Waals surface area contributed by atoms with Crippen LogP contribution in [0.3, 0.4) is 0 Å². The van der Waals surface area contributed by atoms with Crippen LogP contribution in [0.25, 0.3) is 1.43 Å². The summed E-state index contributed by atoms with van der Waals surface area (Å²) in [7, 11) is 0. The number of aliphatic hydroxyl groups is 1. The molecule has 1 amide bonds. The van der Waals surface area contributed by atoms with Crippen LogP contribution >= 0.6 is 0 Å². The number of aliphatic hydroxyl groups excluding tert-OH is 1. The monoisotopic (exact) mass is 254 g/mol. The predicted octanol–water partition coefficient (Wildman–Crippen LogP) is 0.748. The van der Waals surface area contributed by atoms with Crippen molar-refractivity contribution in [3.63, 3.8) is 0 Å². The lowest BCUT2D eigenvalue weighted by Crippen LogP contribution is -2.39. The third-order valence-corrected chi connectivity index (χ3v) is 2.17. The van der Waals surface area contributed by atoms with Gasteiger partial charge >= 0.3 is 12.1 Å². The summed E-state index contributed by atoms with van der Waals surface area (Å²) in [5.74, 6) is -0.845. The maximum Gasteiger partial charge on any atom is 0.407 e. The second-order valence-electron chi connectivity index (χ2n) is 3.66. The van der Waals surface area contributed by atoms with Crippen molar-refractivity contribution in [3.05, 3.63) is 35.9 Å². The van der Waals surface area contributed by atoms with Crippen molar-refractivity contribution in [1.82, 2.24) is 5.32 Å². The summed E-state index contributed by atoms with van der Waals surface area (Å²) in [5.41, 5.74) is 0.823. The van der Waals surface area contributed by atoms with E-state index in [4.69, 9.17) is 11.3 Å². The van der Waals surface area contributed by atoms with E-state index in [0.717, 1.165) is 5.56 Å². The molecule has 0 aliphatic carbocycles. The number of amides is 1. The van der Waals surface area contributed by atoms with Gasteiger partial charge in [0, 0.05) is 0 Å². The number of carboxylic acids is 1. The van der Waals surface area contributed by atoms with Gasteiger partial charge in [-0.1, -0.05) is 30.3 Å². The molecule has 1 aromatic rings. The molecule has 6 nitrogen and oxygen atoms in total. The molecule has 98 valence electrons. The highest BCUT2D eigenvalue weighted by Crippen LogP contribution is 2.01. The van der Waals surface area contributed by atoms with E-state index in [1.807, 2.05) is 18.2 Å². The average Bonchev–Trinajstić information content (AvgIpc) is 2.45. The van der Waals surface area contributed by atoms with E-state index in [1.165, 1.54) is 0 Å². The van der Waals surface area contributed by atoms with E-state index in [2.05, 4.69) is 10.4 Å². The lowest BCUT2D eigenvalue weighted by atomic mass is 10.2. The number of nitrogens with one attached hydrogen (secondary N) is 1. The summed E-state index contributed by atoms with van der Waals surface area (Å²) in [6.45, 7) is -0.358. The van der Waals surface area contributed by atoms with Crippen LogP contribution in [0.1, 0.15) is 12.0 Å². The van der Waals surface area contributed by atoms with E-state index in [-0.39, 0.29) is 13.0 Å². The summed E-state index contributed by atoms with van der Waals surface area (Å²) in [6, 6.07) is 8.25. The highest BCUT2D eigenvalue weighted by molar-refractivity contribution is 5.71. The maximum absolute atomic E-state index is 11.4. The maximum atomic E-state index is 11.4. The number of benzene rings is 1. The van der Waals surface area contributed by atoms with Gasteiger partial charge in [0.05, 0.1) is 19.1 Å². The normalized spacial score (nSPS) is 12.2. The lowest BCUT2D eigenvalue weighted by molar-refractivity contribution is -0.137. The van der Waals surface area contributed by atoms with E-state index in [1.54, 1.807) is 12.1 Å². The van der Waals surface area contributed by atoms with Crippen LogP contribution in [0.5, 0.6) is 0 Å². The summed E-state index contributed by atoms with van der Waals surface area (Å²) in [6.07, 6.45) is -1.04. The number of hydrogen-bond acceptors (Lipinski definition) is 5. The number of rotatable bonds is 6. The highest BCUT2D eigenvalue weighted by atomic mass is 16.5. The molecule has 0 aliphatic rings. The number of hydrogen-bond donors (Lipinski definition) is 3. The van der Waals surface area contributed by atoms with E-state index >= 15 is 0 Å². The fourth-order valence-electron chi connectivity index (χ4n) is 1.29. The number of carboxylic acid groups (broad SMARTS) is 1. The van der Waals surface area contributed by atoms with Gasteiger partial charge in [-0.15, -0.1) is 0 Å². The molecule has 3 N–H and O–H groups in total. The van der Waals surface area contributed by atoms with Gasteiger partial charge < -0.3 is 20.3 Å². The van der Waals surface area contributed by atoms with Crippen LogP contribution < -0.4 is 5.32 Å². The van der Waals surface area contributed by atoms with Crippen molar-refractivity contribution in [2.75, 3.05) is 6.61 Å². The Labute approximate surface area is 106 Å². The first-order chi connectivity index (χ1) is 9.15. The Kier molecular flexibility index (Phi) is 5.01. The number of ether oxygens (including phenoxy) is 1. The Balaban J connectivity index is 2.35. The summed E-state index contributed by atoms with van der Waals surface area (Å²) in [5, 5.41) is 15.0. The predicted molar refractivity (Wildman–Crippen MR) is 62.9 cm³/mol. The van der Waals surface area contributed by atoms with Gasteiger partial charge in [0.15, 0.2) is 0 Å². The fourth-order valence-corrected chi connectivity index (χ4v) is 1.29. The second kappa shape index (κ2) is 7.29. The fraction of sp³-hybridized carbons (Fsp3) is 0.333. The van der Waals surface area contributed by atoms with Crippen molar-refractivity contribution in [3.8, 4) is 0 Å². The first-order valence-electron chi connectivity index (χ1n) is 5.80. The molecule has 0 saturated carbocycles. The molecule has 0 fully saturated rings. The summed E-state index contributed by atoms with van der Waals surface area (Å²) < 4.78 is 11.3. The van der Waals surface area contributed by atoms with Gasteiger partial charge in [0.25, 0.3) is 1.43 Å². The van der Waals surface area contributed by atoms with Crippen molar-refractivity contribution >= 4 is 12.1 Å². The van der Waals surface area contributed by atoms with Crippen LogP contribution in [0.4, 0.5) is 4.79 Å². The Morgan fingerprint density at radius 2 is 2.11 bits per heavy atom. The molecule has 1 rings (SSSR count). The topological polar surface area (TPSA) is 95.9 Å². The van der Waals surface area contributed by atoms with Crippen molar-refractivity contribution < 1.29 is 24.5 Å². The lowest BCUT2D eigenvalue weighted by Gasteiger charge is -2.14. The molecule has 6 heteroatoms. The zero-order valence-electron chi connectivity index (χ0n) is 10.7. The van der Waals surface area contributed by atoms with Crippen LogP contribution in [0.15, 0.2) is 30.3 Å². The molecule has 0 spiro atoms. The first kappa shape index (κ1) is 12.4. The van der Waals surface area contributed by atoms with E-state index < -0.39 is 24.7 Å². The third kappa shape index (κ3) is 5.31. The summed E-state index contributed by atoms with van der Waals surface area (Å²) >= 11 is 0. The van der Waals surface area contributed by atoms with Gasteiger partial charge in [-0.3, -0.25) is 4.79 Å². The van der Waals surface area contributed by atoms with Crippen LogP contribution in [-0.2, 0) is 16.1 Å². The number of carbonyl (C=O) groups excluding carboxylic acids is 1. The zero-order chi connectivity index (χ0) is 14.1. The molecule has 1 atom stereocenters. The van der Waals surface area contributed by atoms with E-state index in [0.29, 0.717) is 0 Å². The van der Waals surface area contributed by atoms with Crippen LogP contribution in [0.2, 0.25) is 0 Å². The van der Waals surface area contributed by atoms with Gasteiger partial charge in [0.2, 0.25) is 0 Å². The molecule has 0 unspecified atom stereocenters. The molecule has 18 heavy (non-hydrogen) atoms. The number of alkyl carbamates (subject to hydrolysis) is 1. The smallest absolute Gasteiger partial charge is 0.407 e. The van der Waals surface area contributed by atoms with Crippen LogP contribution in [0, 0.1) is 0 Å². The SMILES string of the molecule is [2H]OC(=O)C[C@@H](CO)NC(=O)OCc1ccccc1. The molecule has 0 heterocycles. The molecule has 0 radical (unpaired) electrons. The molecule has 0 saturated heterocycles. The number of aliphatic carboxylic acids is 1. The summed E-state index contributed by atoms with van der Waals surface area (Å²) in [4.78, 5) is 22.2. The Hall–Kier alpha value is -2.08. The van der Waals surface area contributed by atoms with Crippen molar-refractivity contribution in [2.45, 2.75) is 19.1 Å². The third-order valence-electron chi connectivity index (χ3n) is 2.17. The molecular formula is C12H15NO5. The van der Waals surface area contributed by atoms with Gasteiger partial charge in [-0.05, 0) is 5.56 Å². The molecular weight excluding hydrogens is 238 g/mol. The van der Waals surface area contributed by atoms with Crippen molar-refractivity contribution in [2.24, 2.45) is 0 Å². The van der Waals surface area contributed by atoms with Gasteiger partial charge in [-0.2, -0.15) is 0 Å². The average molecular weight is 254 g/mol. The highest BCUT2D eigenvalue weighted by Gasteiger charge is 2.15. The van der Waals surface area contributed by atoms with E-state index in [9.17, 15) is 9.59 Å². The van der Waals surface area contributed by atoms with Gasteiger partial charge in [-0.25, -0.2) is 4.79 Å². The molecule has 0 aromatic heterocycles. The minimum atomic E-state index is -0.845. The number of carbonyl (C=O) groups is 2. The quantitative estimate of drug-likeness (QED) is 0.696. The Morgan fingerprint density at radius 3 is 2.72 bits per heavy atom. The van der Waals surface area contributed by atoms with Crippen LogP contribution in [-0.4, -0.2) is 34.9 Å². The molecule has 1 aromatic carbocycles. The second-order valence-corrected chi connectivity index (χ2v) is 3.66. The Bertz CT molecular complexity index is 412. The van der Waals surface area contributed by atoms with Crippen molar-refractivity contribution in [1.29, 1.82) is 1.43 Å². The largest absolute Gasteiger partial charge is 0.481 e. The molecule has 0 bridgehead atoms. The Morgan fingerprint density at radius 1 is 1.39 bits per heavy atom. The minimum Gasteiger partial charge on any atom is -0.481 e. The minimum absolute atomic E-state index is 0.0910. The zero-order valence-corrected chi connectivity index (χ0v) is 9.67.